The first-order chi connectivity index (χ1) is 11.2. The molecule has 5 nitrogen and oxygen atoms in total. The van der Waals surface area contributed by atoms with E-state index in [-0.39, 0.29) is 5.91 Å². The summed E-state index contributed by atoms with van der Waals surface area (Å²) in [4.78, 5) is 18.3. The van der Waals surface area contributed by atoms with E-state index in [2.05, 4.69) is 33.7 Å². The van der Waals surface area contributed by atoms with E-state index < -0.39 is 0 Å². The SMILES string of the molecule is CCCCCNC(=O)CN(C)c1nc(Cc2ccccc2)ns1. The Balaban J connectivity index is 1.81. The van der Waals surface area contributed by atoms with Crippen molar-refractivity contribution in [3.05, 3.63) is 41.7 Å². The second kappa shape index (κ2) is 9.25. The molecule has 1 aromatic heterocycles. The lowest BCUT2D eigenvalue weighted by Crippen LogP contribution is -2.35. The third-order valence-corrected chi connectivity index (χ3v) is 4.34. The fourth-order valence-corrected chi connectivity index (χ4v) is 2.83. The lowest BCUT2D eigenvalue weighted by Gasteiger charge is -2.14. The molecule has 0 aliphatic carbocycles. The Morgan fingerprint density at radius 2 is 2.04 bits per heavy atom. The maximum Gasteiger partial charge on any atom is 0.239 e. The maximum absolute atomic E-state index is 11.9. The van der Waals surface area contributed by atoms with E-state index in [9.17, 15) is 4.79 Å². The van der Waals surface area contributed by atoms with Crippen LogP contribution in [0.5, 0.6) is 0 Å². The van der Waals surface area contributed by atoms with Crippen LogP contribution in [0.2, 0.25) is 0 Å². The van der Waals surface area contributed by atoms with Crippen molar-refractivity contribution >= 4 is 22.6 Å². The monoisotopic (exact) mass is 332 g/mol. The molecule has 1 amide bonds. The summed E-state index contributed by atoms with van der Waals surface area (Å²) in [5.41, 5.74) is 1.19. The van der Waals surface area contributed by atoms with Gasteiger partial charge in [0.2, 0.25) is 11.0 Å². The van der Waals surface area contributed by atoms with Gasteiger partial charge in [0.1, 0.15) is 5.82 Å². The van der Waals surface area contributed by atoms with Crippen molar-refractivity contribution in [2.75, 3.05) is 25.0 Å². The molecule has 0 saturated carbocycles. The number of likely N-dealkylation sites (N-methyl/N-ethyl adjacent to an activating group) is 1. The summed E-state index contributed by atoms with van der Waals surface area (Å²) in [5.74, 6) is 0.829. The van der Waals surface area contributed by atoms with Crippen molar-refractivity contribution < 1.29 is 4.79 Å². The second-order valence-corrected chi connectivity index (χ2v) is 6.30. The van der Waals surface area contributed by atoms with Gasteiger partial charge >= 0.3 is 0 Å². The van der Waals surface area contributed by atoms with Crippen molar-refractivity contribution in [2.24, 2.45) is 0 Å². The molecule has 0 bridgehead atoms. The standard InChI is InChI=1S/C17H24N4OS/c1-3-4-8-11-18-16(22)13-21(2)17-19-15(20-23-17)12-14-9-6-5-7-10-14/h5-7,9-10H,3-4,8,11-13H2,1-2H3,(H,18,22). The quantitative estimate of drug-likeness (QED) is 0.717. The first-order valence-corrected chi connectivity index (χ1v) is 8.80. The molecular weight excluding hydrogens is 308 g/mol. The number of aromatic nitrogens is 2. The van der Waals surface area contributed by atoms with Crippen LogP contribution in [0.4, 0.5) is 5.13 Å². The van der Waals surface area contributed by atoms with Crippen LogP contribution in [0.3, 0.4) is 0 Å². The smallest absolute Gasteiger partial charge is 0.239 e. The summed E-state index contributed by atoms with van der Waals surface area (Å²) in [6, 6.07) is 10.1. The fourth-order valence-electron chi connectivity index (χ4n) is 2.19. The van der Waals surface area contributed by atoms with E-state index >= 15 is 0 Å². The summed E-state index contributed by atoms with van der Waals surface area (Å²) >= 11 is 1.34. The molecule has 0 saturated heterocycles. The van der Waals surface area contributed by atoms with E-state index in [0.717, 1.165) is 36.8 Å². The Kier molecular flexibility index (Phi) is 7.00. The van der Waals surface area contributed by atoms with Crippen molar-refractivity contribution in [3.63, 3.8) is 0 Å². The van der Waals surface area contributed by atoms with Crippen LogP contribution in [0.25, 0.3) is 0 Å². The highest BCUT2D eigenvalue weighted by atomic mass is 32.1. The van der Waals surface area contributed by atoms with E-state index in [1.807, 2.05) is 30.1 Å². The van der Waals surface area contributed by atoms with Gasteiger partial charge in [-0.05, 0) is 12.0 Å². The average molecular weight is 332 g/mol. The van der Waals surface area contributed by atoms with Crippen LogP contribution >= 0.6 is 11.5 Å². The Morgan fingerprint density at radius 3 is 2.78 bits per heavy atom. The number of unbranched alkanes of at least 4 members (excludes halogenated alkanes) is 2. The summed E-state index contributed by atoms with van der Waals surface area (Å²) in [6.45, 7) is 3.21. The molecule has 0 atom stereocenters. The lowest BCUT2D eigenvalue weighted by molar-refractivity contribution is -0.119. The van der Waals surface area contributed by atoms with Crippen molar-refractivity contribution in [2.45, 2.75) is 32.6 Å². The third-order valence-electron chi connectivity index (χ3n) is 3.47. The Labute approximate surface area is 141 Å². The summed E-state index contributed by atoms with van der Waals surface area (Å²) in [7, 11) is 1.87. The average Bonchev–Trinajstić information content (AvgIpc) is 3.01. The van der Waals surface area contributed by atoms with Crippen LogP contribution in [0, 0.1) is 0 Å². The highest BCUT2D eigenvalue weighted by Crippen LogP contribution is 2.17. The topological polar surface area (TPSA) is 58.1 Å². The number of carbonyl (C=O) groups excluding carboxylic acids is 1. The van der Waals surface area contributed by atoms with Crippen LogP contribution in [0.15, 0.2) is 30.3 Å². The summed E-state index contributed by atoms with van der Waals surface area (Å²) in [5, 5.41) is 3.72. The van der Waals surface area contributed by atoms with Gasteiger partial charge < -0.3 is 10.2 Å². The van der Waals surface area contributed by atoms with Gasteiger partial charge in [-0.3, -0.25) is 4.79 Å². The number of hydrogen-bond acceptors (Lipinski definition) is 5. The zero-order chi connectivity index (χ0) is 16.5. The third kappa shape index (κ3) is 5.98. The minimum atomic E-state index is 0.0309. The molecule has 1 aromatic carbocycles. The molecule has 0 fully saturated rings. The number of benzene rings is 1. The first kappa shape index (κ1) is 17.4. The molecule has 2 rings (SSSR count). The molecule has 0 radical (unpaired) electrons. The van der Waals surface area contributed by atoms with Gasteiger partial charge in [-0.25, -0.2) is 4.98 Å². The van der Waals surface area contributed by atoms with Gasteiger partial charge in [0.05, 0.1) is 6.54 Å². The van der Waals surface area contributed by atoms with E-state index in [4.69, 9.17) is 0 Å². The Bertz CT molecular complexity index is 600. The largest absolute Gasteiger partial charge is 0.355 e. The van der Waals surface area contributed by atoms with Gasteiger partial charge in [-0.1, -0.05) is 50.1 Å². The lowest BCUT2D eigenvalue weighted by atomic mass is 10.1. The molecule has 6 heteroatoms. The van der Waals surface area contributed by atoms with Gasteiger partial charge in [-0.15, -0.1) is 0 Å². The first-order valence-electron chi connectivity index (χ1n) is 8.03. The van der Waals surface area contributed by atoms with Crippen LogP contribution < -0.4 is 10.2 Å². The number of amides is 1. The molecule has 1 N–H and O–H groups in total. The zero-order valence-corrected chi connectivity index (χ0v) is 14.6. The van der Waals surface area contributed by atoms with Gasteiger partial charge in [0.15, 0.2) is 0 Å². The number of nitrogens with one attached hydrogen (secondary N) is 1. The van der Waals surface area contributed by atoms with Crippen LogP contribution in [-0.2, 0) is 11.2 Å². The van der Waals surface area contributed by atoms with Crippen LogP contribution in [0.1, 0.15) is 37.6 Å². The molecule has 0 spiro atoms. The maximum atomic E-state index is 11.9. The Morgan fingerprint density at radius 1 is 1.26 bits per heavy atom. The predicted molar refractivity (Wildman–Crippen MR) is 95.0 cm³/mol. The molecule has 0 unspecified atom stereocenters. The normalized spacial score (nSPS) is 10.5. The van der Waals surface area contributed by atoms with E-state index in [0.29, 0.717) is 13.0 Å². The number of carbonyl (C=O) groups is 1. The minimum Gasteiger partial charge on any atom is -0.355 e. The molecule has 23 heavy (non-hydrogen) atoms. The minimum absolute atomic E-state index is 0.0309. The molecule has 2 aromatic rings. The molecule has 1 heterocycles. The Hall–Kier alpha value is -1.95. The van der Waals surface area contributed by atoms with Crippen molar-refractivity contribution in [1.29, 1.82) is 0 Å². The van der Waals surface area contributed by atoms with Gasteiger partial charge in [0, 0.05) is 31.5 Å². The fraction of sp³-hybridized carbons (Fsp3) is 0.471. The zero-order valence-electron chi connectivity index (χ0n) is 13.8. The molecule has 0 aliphatic rings. The van der Waals surface area contributed by atoms with Crippen molar-refractivity contribution in [1.82, 2.24) is 14.7 Å². The van der Waals surface area contributed by atoms with Gasteiger partial charge in [-0.2, -0.15) is 4.37 Å². The predicted octanol–water partition coefficient (Wildman–Crippen LogP) is 2.87. The van der Waals surface area contributed by atoms with E-state index in [1.54, 1.807) is 0 Å². The number of anilines is 1. The molecular formula is C17H24N4OS. The number of hydrogen-bond donors (Lipinski definition) is 1. The van der Waals surface area contributed by atoms with Crippen molar-refractivity contribution in [3.8, 4) is 0 Å². The summed E-state index contributed by atoms with van der Waals surface area (Å²) in [6.07, 6.45) is 4.06. The van der Waals surface area contributed by atoms with E-state index in [1.165, 1.54) is 17.1 Å². The summed E-state index contributed by atoms with van der Waals surface area (Å²) < 4.78 is 4.38. The number of rotatable bonds is 9. The number of nitrogens with zero attached hydrogens (tertiary/aromatic N) is 3. The highest BCUT2D eigenvalue weighted by molar-refractivity contribution is 7.09. The van der Waals surface area contributed by atoms with Gasteiger partial charge in [0.25, 0.3) is 0 Å². The highest BCUT2D eigenvalue weighted by Gasteiger charge is 2.12. The molecule has 124 valence electrons. The molecule has 0 aliphatic heterocycles. The second-order valence-electron chi connectivity index (χ2n) is 5.57. The van der Waals surface area contributed by atoms with Crippen LogP contribution in [-0.4, -0.2) is 35.4 Å².